The molecule has 0 aliphatic carbocycles. The number of hydrogen-bond acceptors (Lipinski definition) is 3. The molecule has 0 amide bonds. The van der Waals surface area contributed by atoms with Crippen molar-refractivity contribution in [2.75, 3.05) is 17.1 Å². The highest BCUT2D eigenvalue weighted by Crippen LogP contribution is 2.29. The van der Waals surface area contributed by atoms with Crippen molar-refractivity contribution in [3.8, 4) is 0 Å². The molecule has 21 heavy (non-hydrogen) atoms. The van der Waals surface area contributed by atoms with Crippen LogP contribution in [0.4, 0.5) is 20.2 Å². The van der Waals surface area contributed by atoms with Crippen molar-refractivity contribution in [2.45, 2.75) is 11.8 Å². The SMILES string of the molecule is Cc1ccccc1N(C)S(=O)(=O)c1ccc(F)c(N)c1F. The topological polar surface area (TPSA) is 63.4 Å². The minimum atomic E-state index is -4.17. The van der Waals surface area contributed by atoms with Gasteiger partial charge in [0.05, 0.1) is 5.69 Å². The van der Waals surface area contributed by atoms with Crippen LogP contribution in [0, 0.1) is 18.6 Å². The van der Waals surface area contributed by atoms with Crippen molar-refractivity contribution >= 4 is 21.4 Å². The lowest BCUT2D eigenvalue weighted by atomic mass is 10.2. The molecule has 2 aromatic carbocycles. The number of nitrogen functional groups attached to an aromatic ring is 1. The Labute approximate surface area is 121 Å². The van der Waals surface area contributed by atoms with Gasteiger partial charge in [-0.25, -0.2) is 17.2 Å². The van der Waals surface area contributed by atoms with Crippen molar-refractivity contribution in [3.63, 3.8) is 0 Å². The number of sulfonamides is 1. The van der Waals surface area contributed by atoms with Gasteiger partial charge in [-0.15, -0.1) is 0 Å². The molecule has 0 heterocycles. The average molecular weight is 312 g/mol. The predicted molar refractivity (Wildman–Crippen MR) is 77.5 cm³/mol. The molecule has 7 heteroatoms. The molecular formula is C14H14F2N2O2S. The third-order valence-electron chi connectivity index (χ3n) is 3.18. The largest absolute Gasteiger partial charge is 0.394 e. The van der Waals surface area contributed by atoms with Gasteiger partial charge in [0.25, 0.3) is 10.0 Å². The molecule has 0 aromatic heterocycles. The second-order valence-electron chi connectivity index (χ2n) is 4.53. The van der Waals surface area contributed by atoms with Gasteiger partial charge in [-0.3, -0.25) is 4.31 Å². The molecule has 0 aliphatic heterocycles. The Bertz CT molecular complexity index is 792. The fourth-order valence-corrected chi connectivity index (χ4v) is 3.28. The molecule has 0 fully saturated rings. The van der Waals surface area contributed by atoms with Crippen molar-refractivity contribution in [1.82, 2.24) is 0 Å². The van der Waals surface area contributed by atoms with Crippen molar-refractivity contribution in [2.24, 2.45) is 0 Å². The van der Waals surface area contributed by atoms with Crippen LogP contribution in [0.2, 0.25) is 0 Å². The van der Waals surface area contributed by atoms with Crippen LogP contribution in [0.15, 0.2) is 41.3 Å². The van der Waals surface area contributed by atoms with E-state index in [-0.39, 0.29) is 0 Å². The third-order valence-corrected chi connectivity index (χ3v) is 4.97. The molecular weight excluding hydrogens is 298 g/mol. The quantitative estimate of drug-likeness (QED) is 0.886. The van der Waals surface area contributed by atoms with Crippen LogP contribution in [0.1, 0.15) is 5.56 Å². The zero-order valence-electron chi connectivity index (χ0n) is 11.5. The average Bonchev–Trinajstić information content (AvgIpc) is 2.44. The first-order valence-electron chi connectivity index (χ1n) is 6.05. The number of nitrogens with zero attached hydrogens (tertiary/aromatic N) is 1. The summed E-state index contributed by atoms with van der Waals surface area (Å²) in [5.74, 6) is -2.28. The molecule has 2 rings (SSSR count). The maximum atomic E-state index is 14.0. The fourth-order valence-electron chi connectivity index (χ4n) is 1.94. The summed E-state index contributed by atoms with van der Waals surface area (Å²) in [7, 11) is -2.87. The van der Waals surface area contributed by atoms with Crippen molar-refractivity contribution in [3.05, 3.63) is 53.6 Å². The van der Waals surface area contributed by atoms with Gasteiger partial charge in [-0.2, -0.15) is 0 Å². The second-order valence-corrected chi connectivity index (χ2v) is 6.47. The lowest BCUT2D eigenvalue weighted by Gasteiger charge is -2.21. The van der Waals surface area contributed by atoms with Gasteiger partial charge in [0, 0.05) is 7.05 Å². The van der Waals surface area contributed by atoms with E-state index in [1.165, 1.54) is 7.05 Å². The van der Waals surface area contributed by atoms with Crippen LogP contribution >= 0.6 is 0 Å². The Morgan fingerprint density at radius 2 is 1.71 bits per heavy atom. The van der Waals surface area contributed by atoms with Gasteiger partial charge >= 0.3 is 0 Å². The first kappa shape index (κ1) is 15.2. The first-order chi connectivity index (χ1) is 9.76. The van der Waals surface area contributed by atoms with E-state index in [1.54, 1.807) is 31.2 Å². The maximum absolute atomic E-state index is 14.0. The Morgan fingerprint density at radius 3 is 2.33 bits per heavy atom. The third kappa shape index (κ3) is 2.56. The molecule has 0 atom stereocenters. The van der Waals surface area contributed by atoms with Crippen LogP contribution in [0.25, 0.3) is 0 Å². The van der Waals surface area contributed by atoms with E-state index in [0.29, 0.717) is 11.3 Å². The Balaban J connectivity index is 2.58. The zero-order chi connectivity index (χ0) is 15.8. The lowest BCUT2D eigenvalue weighted by molar-refractivity contribution is 0.554. The summed E-state index contributed by atoms with van der Waals surface area (Å²) in [4.78, 5) is -0.660. The summed E-state index contributed by atoms with van der Waals surface area (Å²) >= 11 is 0. The summed E-state index contributed by atoms with van der Waals surface area (Å²) in [6.45, 7) is 1.73. The van der Waals surface area contributed by atoms with E-state index < -0.39 is 32.2 Å². The number of benzene rings is 2. The number of nitrogens with two attached hydrogens (primary N) is 1. The highest BCUT2D eigenvalue weighted by molar-refractivity contribution is 7.92. The van der Waals surface area contributed by atoms with E-state index in [9.17, 15) is 17.2 Å². The standard InChI is InChI=1S/C14H14F2N2O2S/c1-9-5-3-4-6-11(9)18(2)21(19,20)12-8-7-10(15)14(17)13(12)16/h3-8H,17H2,1-2H3. The first-order valence-corrected chi connectivity index (χ1v) is 7.49. The monoisotopic (exact) mass is 312 g/mol. The Kier molecular flexibility index (Phi) is 3.87. The number of halogens is 2. The smallest absolute Gasteiger partial charge is 0.267 e. The molecule has 0 radical (unpaired) electrons. The van der Waals surface area contributed by atoms with Gasteiger partial charge in [0.15, 0.2) is 5.82 Å². The number of hydrogen-bond donors (Lipinski definition) is 1. The van der Waals surface area contributed by atoms with Gasteiger partial charge in [-0.1, -0.05) is 18.2 Å². The normalized spacial score (nSPS) is 11.4. The highest BCUT2D eigenvalue weighted by Gasteiger charge is 2.27. The zero-order valence-corrected chi connectivity index (χ0v) is 12.3. The molecule has 0 saturated heterocycles. The highest BCUT2D eigenvalue weighted by atomic mass is 32.2. The van der Waals surface area contributed by atoms with Crippen LogP contribution in [-0.4, -0.2) is 15.5 Å². The fraction of sp³-hybridized carbons (Fsp3) is 0.143. The van der Waals surface area contributed by atoms with Gasteiger partial charge < -0.3 is 5.73 Å². The van der Waals surface area contributed by atoms with Crippen molar-refractivity contribution in [1.29, 1.82) is 0 Å². The molecule has 0 unspecified atom stereocenters. The Hall–Kier alpha value is -2.15. The van der Waals surface area contributed by atoms with Crippen LogP contribution in [-0.2, 0) is 10.0 Å². The summed E-state index contributed by atoms with van der Waals surface area (Å²) in [5, 5.41) is 0. The van der Waals surface area contributed by atoms with Crippen LogP contribution < -0.4 is 10.0 Å². The summed E-state index contributed by atoms with van der Waals surface area (Å²) in [5.41, 5.74) is 5.51. The molecule has 0 bridgehead atoms. The van der Waals surface area contributed by atoms with Crippen molar-refractivity contribution < 1.29 is 17.2 Å². The summed E-state index contributed by atoms with van der Waals surface area (Å²) in [6, 6.07) is 8.45. The van der Waals surface area contributed by atoms with E-state index in [2.05, 4.69) is 0 Å². The number of rotatable bonds is 3. The van der Waals surface area contributed by atoms with Crippen LogP contribution in [0.3, 0.4) is 0 Å². The minimum Gasteiger partial charge on any atom is -0.394 e. The maximum Gasteiger partial charge on any atom is 0.267 e. The predicted octanol–water partition coefficient (Wildman–Crippen LogP) is 2.68. The van der Waals surface area contributed by atoms with Gasteiger partial charge in [0.1, 0.15) is 16.4 Å². The molecule has 0 aliphatic rings. The minimum absolute atomic E-state index is 0.403. The molecule has 2 N–H and O–H groups in total. The number of anilines is 2. The second kappa shape index (κ2) is 5.33. The molecule has 0 spiro atoms. The summed E-state index contributed by atoms with van der Waals surface area (Å²) < 4.78 is 53.0. The van der Waals surface area contributed by atoms with E-state index in [0.717, 1.165) is 16.4 Å². The Morgan fingerprint density at radius 1 is 1.10 bits per heavy atom. The molecule has 0 saturated carbocycles. The lowest BCUT2D eigenvalue weighted by Crippen LogP contribution is -2.28. The molecule has 112 valence electrons. The van der Waals surface area contributed by atoms with Crippen LogP contribution in [0.5, 0.6) is 0 Å². The van der Waals surface area contributed by atoms with Gasteiger partial charge in [0.2, 0.25) is 0 Å². The van der Waals surface area contributed by atoms with E-state index in [1.807, 2.05) is 0 Å². The number of aryl methyl sites for hydroxylation is 1. The molecule has 4 nitrogen and oxygen atoms in total. The molecule has 2 aromatic rings. The van der Waals surface area contributed by atoms with E-state index >= 15 is 0 Å². The van der Waals surface area contributed by atoms with E-state index in [4.69, 9.17) is 5.73 Å². The summed E-state index contributed by atoms with van der Waals surface area (Å²) in [6.07, 6.45) is 0. The number of para-hydroxylation sites is 1. The van der Waals surface area contributed by atoms with Gasteiger partial charge in [-0.05, 0) is 30.7 Å².